The summed E-state index contributed by atoms with van der Waals surface area (Å²) in [6.45, 7) is 1.68. The van der Waals surface area contributed by atoms with Crippen molar-refractivity contribution in [2.45, 2.75) is 44.0 Å². The molecule has 3 aliphatic heterocycles. The van der Waals surface area contributed by atoms with Crippen molar-refractivity contribution in [2.75, 3.05) is 19.9 Å². The number of aromatic hydroxyl groups is 1. The Bertz CT molecular complexity index is 1270. The summed E-state index contributed by atoms with van der Waals surface area (Å²) in [6.07, 6.45) is 2.30. The van der Waals surface area contributed by atoms with Crippen LogP contribution in [0.25, 0.3) is 0 Å². The zero-order valence-electron chi connectivity index (χ0n) is 18.6. The lowest BCUT2D eigenvalue weighted by Crippen LogP contribution is -2.53. The Hall–Kier alpha value is -3.38. The van der Waals surface area contributed by atoms with Crippen molar-refractivity contribution in [2.24, 2.45) is 0 Å². The quantitative estimate of drug-likeness (QED) is 0.675. The van der Waals surface area contributed by atoms with E-state index in [2.05, 4.69) is 5.32 Å². The average molecular weight is 493 g/mol. The molecule has 186 valence electrons. The maximum Gasteiger partial charge on any atom is 0.274 e. The van der Waals surface area contributed by atoms with Crippen LogP contribution in [0.1, 0.15) is 52.2 Å². The van der Waals surface area contributed by atoms with Gasteiger partial charge in [-0.25, -0.2) is 13.2 Å². The van der Waals surface area contributed by atoms with Crippen LogP contribution in [0.5, 0.6) is 5.75 Å². The van der Waals surface area contributed by atoms with Gasteiger partial charge in [-0.15, -0.1) is 0 Å². The molecular formula is C23H22F3N3O6. The predicted octanol–water partition coefficient (Wildman–Crippen LogP) is 1.82. The standard InChI is InChI=1S/C23H22F3N3O6/c1-11-2-3-23(9-34-10-35-23)17-8-28(11)22(33)18-20(31)19(30)14(7-29(17)18)21(32)27-6-13-15(25)4-12(24)5-16(13)26/h4-5,7,11,17,31H,2-3,6,8-10H2,1H3,(H,27,32)/t11-,17+,23-/m0/s1. The van der Waals surface area contributed by atoms with Gasteiger partial charge in [0.15, 0.2) is 11.4 Å². The fourth-order valence-corrected chi connectivity index (χ4v) is 5.06. The van der Waals surface area contributed by atoms with Crippen LogP contribution in [0.2, 0.25) is 0 Å². The second-order valence-electron chi connectivity index (χ2n) is 9.04. The average Bonchev–Trinajstić information content (AvgIpc) is 3.24. The van der Waals surface area contributed by atoms with E-state index in [9.17, 15) is 32.7 Å². The van der Waals surface area contributed by atoms with E-state index >= 15 is 0 Å². The summed E-state index contributed by atoms with van der Waals surface area (Å²) < 4.78 is 53.8. The lowest BCUT2D eigenvalue weighted by molar-refractivity contribution is -0.0477. The van der Waals surface area contributed by atoms with Crippen LogP contribution >= 0.6 is 0 Å². The molecule has 0 saturated carbocycles. The van der Waals surface area contributed by atoms with Gasteiger partial charge in [-0.3, -0.25) is 14.4 Å². The number of carbonyl (C=O) groups excluding carboxylic acids is 2. The van der Waals surface area contributed by atoms with Gasteiger partial charge in [0.1, 0.15) is 35.4 Å². The molecule has 0 aliphatic carbocycles. The van der Waals surface area contributed by atoms with Gasteiger partial charge in [-0.1, -0.05) is 0 Å². The third kappa shape index (κ3) is 3.67. The topological polar surface area (TPSA) is 110 Å². The van der Waals surface area contributed by atoms with Crippen LogP contribution in [-0.2, 0) is 16.0 Å². The van der Waals surface area contributed by atoms with Gasteiger partial charge in [-0.2, -0.15) is 0 Å². The van der Waals surface area contributed by atoms with Crippen LogP contribution in [0.15, 0.2) is 23.1 Å². The van der Waals surface area contributed by atoms with E-state index < -0.39 is 69.8 Å². The fourth-order valence-electron chi connectivity index (χ4n) is 5.06. The third-order valence-electron chi connectivity index (χ3n) is 7.06. The molecule has 3 atom stereocenters. The van der Waals surface area contributed by atoms with Crippen molar-refractivity contribution < 1.29 is 37.3 Å². The van der Waals surface area contributed by atoms with Crippen LogP contribution in [0.3, 0.4) is 0 Å². The Morgan fingerprint density at radius 3 is 2.63 bits per heavy atom. The van der Waals surface area contributed by atoms with Crippen molar-refractivity contribution in [3.05, 3.63) is 62.8 Å². The number of carbonyl (C=O) groups is 2. The number of rotatable bonds is 3. The van der Waals surface area contributed by atoms with Crippen LogP contribution < -0.4 is 10.7 Å². The van der Waals surface area contributed by atoms with Gasteiger partial charge in [0, 0.05) is 43.0 Å². The lowest BCUT2D eigenvalue weighted by Gasteiger charge is -2.42. The molecule has 1 aromatic carbocycles. The Morgan fingerprint density at radius 1 is 1.26 bits per heavy atom. The number of nitrogens with zero attached hydrogens (tertiary/aromatic N) is 2. The van der Waals surface area contributed by atoms with Crippen molar-refractivity contribution in [1.29, 1.82) is 0 Å². The van der Waals surface area contributed by atoms with Crippen molar-refractivity contribution >= 4 is 11.8 Å². The van der Waals surface area contributed by atoms with Crippen LogP contribution in [0, 0.1) is 17.5 Å². The molecule has 12 heteroatoms. The summed E-state index contributed by atoms with van der Waals surface area (Å²) >= 11 is 0. The van der Waals surface area contributed by atoms with Crippen molar-refractivity contribution in [1.82, 2.24) is 14.8 Å². The molecular weight excluding hydrogens is 471 g/mol. The smallest absolute Gasteiger partial charge is 0.274 e. The van der Waals surface area contributed by atoms with E-state index in [1.54, 1.807) is 4.90 Å². The van der Waals surface area contributed by atoms with Gasteiger partial charge in [0.25, 0.3) is 11.8 Å². The molecule has 35 heavy (non-hydrogen) atoms. The number of ether oxygens (including phenoxy) is 2. The maximum absolute atomic E-state index is 14.0. The van der Waals surface area contributed by atoms with E-state index in [-0.39, 0.29) is 31.7 Å². The van der Waals surface area contributed by atoms with Crippen LogP contribution in [0.4, 0.5) is 13.2 Å². The summed E-state index contributed by atoms with van der Waals surface area (Å²) in [4.78, 5) is 40.5. The Kier molecular flexibility index (Phi) is 5.59. The minimum atomic E-state index is -1.20. The van der Waals surface area contributed by atoms with E-state index in [0.717, 1.165) is 6.20 Å². The number of hydrogen-bond acceptors (Lipinski definition) is 6. The number of hydrogen-bond donors (Lipinski definition) is 2. The molecule has 2 saturated heterocycles. The Labute approximate surface area is 197 Å². The first-order valence-electron chi connectivity index (χ1n) is 11.1. The number of fused-ring (bicyclic) bond motifs is 5. The summed E-state index contributed by atoms with van der Waals surface area (Å²) in [7, 11) is 0. The second kappa shape index (κ2) is 8.38. The SMILES string of the molecule is C[C@H]1CC[C@]2(COCO2)[C@H]2CN1C(=O)c1c(O)c(=O)c(C(=O)NCc3c(F)cc(F)cc3F)cn12. The highest BCUT2D eigenvalue weighted by molar-refractivity contribution is 5.99. The summed E-state index contributed by atoms with van der Waals surface area (Å²) in [6, 6.07) is 0.197. The zero-order chi connectivity index (χ0) is 25.1. The molecule has 1 aromatic heterocycles. The highest BCUT2D eigenvalue weighted by Gasteiger charge is 2.52. The normalized spacial score (nSPS) is 25.5. The van der Waals surface area contributed by atoms with E-state index in [1.807, 2.05) is 6.92 Å². The van der Waals surface area contributed by atoms with E-state index in [1.165, 1.54) is 4.57 Å². The first-order valence-corrected chi connectivity index (χ1v) is 11.1. The van der Waals surface area contributed by atoms with Gasteiger partial charge in [0.05, 0.1) is 12.6 Å². The van der Waals surface area contributed by atoms with Crippen molar-refractivity contribution in [3.8, 4) is 5.75 Å². The molecule has 3 aliphatic rings. The zero-order valence-corrected chi connectivity index (χ0v) is 18.6. The number of amides is 2. The largest absolute Gasteiger partial charge is 0.503 e. The number of nitrogens with one attached hydrogen (secondary N) is 1. The predicted molar refractivity (Wildman–Crippen MR) is 113 cm³/mol. The molecule has 2 amide bonds. The number of pyridine rings is 1. The Morgan fingerprint density at radius 2 is 1.97 bits per heavy atom. The summed E-state index contributed by atoms with van der Waals surface area (Å²) in [5.74, 6) is -6.01. The number of halogens is 3. The molecule has 9 nitrogen and oxygen atoms in total. The van der Waals surface area contributed by atoms with Gasteiger partial charge >= 0.3 is 0 Å². The van der Waals surface area contributed by atoms with Gasteiger partial charge in [0.2, 0.25) is 5.43 Å². The maximum atomic E-state index is 14.0. The molecule has 2 aromatic rings. The molecule has 0 unspecified atom stereocenters. The molecule has 2 bridgehead atoms. The molecule has 0 radical (unpaired) electrons. The first-order chi connectivity index (χ1) is 16.6. The Balaban J connectivity index is 1.54. The second-order valence-corrected chi connectivity index (χ2v) is 9.04. The van der Waals surface area contributed by atoms with E-state index in [4.69, 9.17) is 9.47 Å². The minimum absolute atomic E-state index is 0.0441. The molecule has 2 fully saturated rings. The third-order valence-corrected chi connectivity index (χ3v) is 7.06. The van der Waals surface area contributed by atoms with Crippen LogP contribution in [-0.4, -0.2) is 58.0 Å². The van der Waals surface area contributed by atoms with E-state index in [0.29, 0.717) is 25.0 Å². The molecule has 4 heterocycles. The molecule has 2 N–H and O–H groups in total. The fraction of sp³-hybridized carbons (Fsp3) is 0.435. The van der Waals surface area contributed by atoms with Gasteiger partial charge < -0.3 is 29.4 Å². The number of aromatic nitrogens is 1. The monoisotopic (exact) mass is 493 g/mol. The summed E-state index contributed by atoms with van der Waals surface area (Å²) in [5.41, 5.74) is -3.33. The first kappa shape index (κ1) is 23.4. The highest BCUT2D eigenvalue weighted by atomic mass is 19.1. The van der Waals surface area contributed by atoms with Crippen molar-refractivity contribution in [3.63, 3.8) is 0 Å². The summed E-state index contributed by atoms with van der Waals surface area (Å²) in [5, 5.41) is 12.9. The minimum Gasteiger partial charge on any atom is -0.503 e. The van der Waals surface area contributed by atoms with Gasteiger partial charge in [-0.05, 0) is 19.8 Å². The number of benzene rings is 1. The molecule has 1 spiro atoms. The lowest BCUT2D eigenvalue weighted by atomic mass is 9.89. The molecule has 5 rings (SSSR count). The highest BCUT2D eigenvalue weighted by Crippen LogP contribution is 2.44.